The zero-order valence-electron chi connectivity index (χ0n) is 8.27. The Labute approximate surface area is 87.1 Å². The van der Waals surface area contributed by atoms with E-state index >= 15 is 0 Å². The van der Waals surface area contributed by atoms with Gasteiger partial charge in [-0.2, -0.15) is 5.26 Å². The minimum atomic E-state index is -0.508. The van der Waals surface area contributed by atoms with Gasteiger partial charge in [0.05, 0.1) is 4.92 Å². The van der Waals surface area contributed by atoms with Crippen LogP contribution in [0.5, 0.6) is 5.75 Å². The number of rotatable bonds is 4. The number of ether oxygens (including phenoxy) is 1. The number of nitro benzene ring substituents is 1. The lowest BCUT2D eigenvalue weighted by atomic mass is 10.1. The van der Waals surface area contributed by atoms with Crippen molar-refractivity contribution in [1.82, 2.24) is 0 Å². The molecule has 5 nitrogen and oxygen atoms in total. The summed E-state index contributed by atoms with van der Waals surface area (Å²) in [5, 5.41) is 19.0. The predicted molar refractivity (Wildman–Crippen MR) is 53.6 cm³/mol. The molecular formula is C10H10N2O3. The molecule has 0 heterocycles. The van der Waals surface area contributed by atoms with Gasteiger partial charge in [-0.15, -0.1) is 0 Å². The lowest BCUT2D eigenvalue weighted by Gasteiger charge is -2.04. The van der Waals surface area contributed by atoms with Gasteiger partial charge in [0.1, 0.15) is 6.07 Å². The van der Waals surface area contributed by atoms with Crippen molar-refractivity contribution in [3.8, 4) is 11.8 Å². The molecule has 15 heavy (non-hydrogen) atoms. The molecule has 0 aliphatic carbocycles. The summed E-state index contributed by atoms with van der Waals surface area (Å²) >= 11 is 0. The van der Waals surface area contributed by atoms with E-state index in [2.05, 4.69) is 0 Å². The van der Waals surface area contributed by atoms with E-state index in [1.165, 1.54) is 12.1 Å². The van der Waals surface area contributed by atoms with Crippen molar-refractivity contribution in [3.05, 3.63) is 33.9 Å². The van der Waals surface area contributed by atoms with Gasteiger partial charge in [-0.1, -0.05) is 13.0 Å². The predicted octanol–water partition coefficient (Wildman–Crippen LogP) is 2.06. The number of nitrogens with zero attached hydrogens (tertiary/aromatic N) is 2. The molecule has 0 amide bonds. The third-order valence-electron chi connectivity index (χ3n) is 1.92. The maximum Gasteiger partial charge on any atom is 0.311 e. The van der Waals surface area contributed by atoms with Crippen LogP contribution in [0, 0.1) is 21.4 Å². The van der Waals surface area contributed by atoms with Crippen molar-refractivity contribution < 1.29 is 9.66 Å². The molecule has 0 unspecified atom stereocenters. The van der Waals surface area contributed by atoms with E-state index in [1.54, 1.807) is 12.1 Å². The molecule has 1 rings (SSSR count). The molecule has 0 spiro atoms. The Morgan fingerprint density at radius 2 is 2.33 bits per heavy atom. The standard InChI is InChI=1S/C10H10N2O3/c1-2-8-3-4-10(15-6-5-11)9(7-8)12(13)14/h3-4,7H,2,6H2,1H3. The molecular weight excluding hydrogens is 196 g/mol. The van der Waals surface area contributed by atoms with Crippen LogP contribution in [0.3, 0.4) is 0 Å². The molecule has 0 bridgehead atoms. The van der Waals surface area contributed by atoms with E-state index < -0.39 is 4.92 Å². The Hall–Kier alpha value is -2.09. The summed E-state index contributed by atoms with van der Waals surface area (Å²) in [7, 11) is 0. The van der Waals surface area contributed by atoms with Gasteiger partial charge in [0, 0.05) is 6.07 Å². The molecule has 78 valence electrons. The Morgan fingerprint density at radius 3 is 2.87 bits per heavy atom. The largest absolute Gasteiger partial charge is 0.472 e. The molecule has 0 N–H and O–H groups in total. The fraction of sp³-hybridized carbons (Fsp3) is 0.300. The summed E-state index contributed by atoms with van der Waals surface area (Å²) < 4.78 is 4.94. The van der Waals surface area contributed by atoms with Crippen molar-refractivity contribution in [1.29, 1.82) is 5.26 Å². The fourth-order valence-electron chi connectivity index (χ4n) is 1.16. The third kappa shape index (κ3) is 2.68. The maximum absolute atomic E-state index is 10.7. The number of nitriles is 1. The summed E-state index contributed by atoms with van der Waals surface area (Å²) in [6.07, 6.45) is 0.722. The second-order valence-electron chi connectivity index (χ2n) is 2.86. The van der Waals surface area contributed by atoms with Gasteiger partial charge in [-0.05, 0) is 18.1 Å². The first-order valence-corrected chi connectivity index (χ1v) is 4.46. The highest BCUT2D eigenvalue weighted by molar-refractivity contribution is 5.48. The minimum Gasteiger partial charge on any atom is -0.472 e. The molecule has 0 aliphatic rings. The highest BCUT2D eigenvalue weighted by Crippen LogP contribution is 2.27. The van der Waals surface area contributed by atoms with Crippen LogP contribution in [0.2, 0.25) is 0 Å². The smallest absolute Gasteiger partial charge is 0.311 e. The summed E-state index contributed by atoms with van der Waals surface area (Å²) in [4.78, 5) is 10.2. The van der Waals surface area contributed by atoms with E-state index in [0.29, 0.717) is 0 Å². The van der Waals surface area contributed by atoms with Crippen LogP contribution >= 0.6 is 0 Å². The van der Waals surface area contributed by atoms with Crippen LogP contribution in [0.4, 0.5) is 5.69 Å². The first-order chi connectivity index (χ1) is 7.19. The number of nitro groups is 1. The monoisotopic (exact) mass is 206 g/mol. The molecule has 0 saturated heterocycles. The van der Waals surface area contributed by atoms with Gasteiger partial charge < -0.3 is 4.74 Å². The van der Waals surface area contributed by atoms with Gasteiger partial charge in [0.2, 0.25) is 0 Å². The Bertz CT molecular complexity index is 410. The number of aryl methyl sites for hydroxylation is 1. The van der Waals surface area contributed by atoms with Gasteiger partial charge >= 0.3 is 5.69 Å². The first-order valence-electron chi connectivity index (χ1n) is 4.46. The molecule has 0 aliphatic heterocycles. The molecule has 0 radical (unpaired) electrons. The van der Waals surface area contributed by atoms with Crippen LogP contribution in [0.1, 0.15) is 12.5 Å². The van der Waals surface area contributed by atoms with Gasteiger partial charge in [0.15, 0.2) is 12.4 Å². The van der Waals surface area contributed by atoms with E-state index in [0.717, 1.165) is 12.0 Å². The van der Waals surface area contributed by atoms with Crippen molar-refractivity contribution in [2.45, 2.75) is 13.3 Å². The average Bonchev–Trinajstić information content (AvgIpc) is 2.26. The van der Waals surface area contributed by atoms with Crippen molar-refractivity contribution >= 4 is 5.69 Å². The minimum absolute atomic E-state index is 0.0930. The molecule has 5 heteroatoms. The summed E-state index contributed by atoms with van der Waals surface area (Å²) in [6, 6.07) is 6.50. The van der Waals surface area contributed by atoms with Gasteiger partial charge in [0.25, 0.3) is 0 Å². The van der Waals surface area contributed by atoms with Crippen molar-refractivity contribution in [2.24, 2.45) is 0 Å². The molecule has 0 aromatic heterocycles. The van der Waals surface area contributed by atoms with Crippen LogP contribution < -0.4 is 4.74 Å². The lowest BCUT2D eigenvalue weighted by molar-refractivity contribution is -0.385. The number of hydrogen-bond donors (Lipinski definition) is 0. The zero-order chi connectivity index (χ0) is 11.3. The average molecular weight is 206 g/mol. The second kappa shape index (κ2) is 4.96. The quantitative estimate of drug-likeness (QED) is 0.558. The van der Waals surface area contributed by atoms with Crippen LogP contribution in [0.25, 0.3) is 0 Å². The third-order valence-corrected chi connectivity index (χ3v) is 1.92. The second-order valence-corrected chi connectivity index (χ2v) is 2.86. The molecule has 1 aromatic carbocycles. The number of benzene rings is 1. The van der Waals surface area contributed by atoms with E-state index in [4.69, 9.17) is 10.00 Å². The SMILES string of the molecule is CCc1ccc(OCC#N)c([N+](=O)[O-])c1. The van der Waals surface area contributed by atoms with Crippen LogP contribution in [-0.2, 0) is 6.42 Å². The summed E-state index contributed by atoms with van der Waals surface area (Å²) in [6.45, 7) is 1.72. The normalized spacial score (nSPS) is 9.33. The van der Waals surface area contributed by atoms with E-state index in [9.17, 15) is 10.1 Å². The molecule has 0 atom stereocenters. The highest BCUT2D eigenvalue weighted by Gasteiger charge is 2.15. The molecule has 0 fully saturated rings. The van der Waals surface area contributed by atoms with Crippen molar-refractivity contribution in [2.75, 3.05) is 6.61 Å². The first kappa shape index (κ1) is 11.0. The fourth-order valence-corrected chi connectivity index (χ4v) is 1.16. The summed E-state index contributed by atoms with van der Waals surface area (Å²) in [5.41, 5.74) is 0.774. The van der Waals surface area contributed by atoms with E-state index in [1.807, 2.05) is 6.92 Å². The Morgan fingerprint density at radius 1 is 1.60 bits per heavy atom. The van der Waals surface area contributed by atoms with E-state index in [-0.39, 0.29) is 18.0 Å². The zero-order valence-corrected chi connectivity index (χ0v) is 8.27. The Balaban J connectivity index is 3.05. The topological polar surface area (TPSA) is 76.2 Å². The molecule has 0 saturated carbocycles. The molecule has 1 aromatic rings. The Kier molecular flexibility index (Phi) is 3.63. The van der Waals surface area contributed by atoms with Crippen molar-refractivity contribution in [3.63, 3.8) is 0 Å². The highest BCUT2D eigenvalue weighted by atomic mass is 16.6. The van der Waals surface area contributed by atoms with Gasteiger partial charge in [-0.25, -0.2) is 0 Å². The maximum atomic E-state index is 10.7. The van der Waals surface area contributed by atoms with Crippen LogP contribution in [-0.4, -0.2) is 11.5 Å². The van der Waals surface area contributed by atoms with Crippen LogP contribution in [0.15, 0.2) is 18.2 Å². The number of hydrogen-bond acceptors (Lipinski definition) is 4. The lowest BCUT2D eigenvalue weighted by Crippen LogP contribution is -1.99. The van der Waals surface area contributed by atoms with Gasteiger partial charge in [-0.3, -0.25) is 10.1 Å². The summed E-state index contributed by atoms with van der Waals surface area (Å²) in [5.74, 6) is 0.138.